The van der Waals surface area contributed by atoms with Crippen molar-refractivity contribution in [2.75, 3.05) is 26.4 Å². The maximum absolute atomic E-state index is 12.4. The Hall–Kier alpha value is -0.950. The van der Waals surface area contributed by atoms with E-state index in [2.05, 4.69) is 5.32 Å². The number of aliphatic carboxylic acids is 1. The Morgan fingerprint density at radius 3 is 2.50 bits per heavy atom. The molecule has 0 aromatic carbocycles. The van der Waals surface area contributed by atoms with Gasteiger partial charge in [-0.15, -0.1) is 11.8 Å². The van der Waals surface area contributed by atoms with Gasteiger partial charge in [-0.05, 0) is 26.9 Å². The lowest BCUT2D eigenvalue weighted by atomic mass is 10.0. The number of carbonyl (C=O) groups excluding carboxylic acids is 1. The molecule has 7 heteroatoms. The first kappa shape index (κ1) is 17.1. The molecule has 0 aromatic heterocycles. The average molecular weight is 303 g/mol. The first-order chi connectivity index (χ1) is 9.23. The van der Waals surface area contributed by atoms with Crippen LogP contribution >= 0.6 is 11.8 Å². The molecule has 0 aliphatic carbocycles. The molecule has 1 saturated heterocycles. The maximum Gasteiger partial charge on any atom is 0.327 e. The summed E-state index contributed by atoms with van der Waals surface area (Å²) < 4.78 is 0. The van der Waals surface area contributed by atoms with Gasteiger partial charge in [-0.3, -0.25) is 4.90 Å². The van der Waals surface area contributed by atoms with Gasteiger partial charge in [0.05, 0.1) is 5.37 Å². The number of carboxylic acids is 1. The molecule has 2 N–H and O–H groups in total. The largest absolute Gasteiger partial charge is 0.480 e. The summed E-state index contributed by atoms with van der Waals surface area (Å²) in [5, 5.41) is 12.1. The summed E-state index contributed by atoms with van der Waals surface area (Å²) in [6.07, 6.45) is 0. The third-order valence-electron chi connectivity index (χ3n) is 3.42. The summed E-state index contributed by atoms with van der Waals surface area (Å²) in [5.74, 6) is -0.204. The molecule has 0 radical (unpaired) electrons. The Morgan fingerprint density at radius 1 is 1.45 bits per heavy atom. The van der Waals surface area contributed by atoms with E-state index < -0.39 is 12.0 Å². The Kier molecular flexibility index (Phi) is 6.13. The van der Waals surface area contributed by atoms with E-state index in [1.165, 1.54) is 16.7 Å². The zero-order valence-electron chi connectivity index (χ0n) is 12.8. The first-order valence-corrected chi connectivity index (χ1v) is 7.86. The molecule has 20 heavy (non-hydrogen) atoms. The lowest BCUT2D eigenvalue weighted by Crippen LogP contribution is -2.54. The van der Waals surface area contributed by atoms with Crippen LogP contribution in [0.2, 0.25) is 0 Å². The number of hydrogen-bond donors (Lipinski definition) is 2. The lowest BCUT2D eigenvalue weighted by molar-refractivity contribution is -0.141. The molecule has 1 heterocycles. The number of thioether (sulfide) groups is 1. The number of urea groups is 1. The average Bonchev–Trinajstić information content (AvgIpc) is 2.69. The van der Waals surface area contributed by atoms with E-state index >= 15 is 0 Å². The van der Waals surface area contributed by atoms with Crippen molar-refractivity contribution < 1.29 is 14.7 Å². The van der Waals surface area contributed by atoms with Crippen molar-refractivity contribution in [1.29, 1.82) is 0 Å². The van der Waals surface area contributed by atoms with Gasteiger partial charge in [-0.2, -0.15) is 0 Å². The molecular weight excluding hydrogens is 278 g/mol. The second-order valence-electron chi connectivity index (χ2n) is 5.76. The van der Waals surface area contributed by atoms with Gasteiger partial charge >= 0.3 is 12.0 Å². The van der Waals surface area contributed by atoms with Crippen LogP contribution in [0, 0.1) is 5.92 Å². The minimum atomic E-state index is -0.939. The predicted octanol–water partition coefficient (Wildman–Crippen LogP) is 1.13. The smallest absolute Gasteiger partial charge is 0.327 e. The number of carbonyl (C=O) groups is 2. The van der Waals surface area contributed by atoms with Crippen LogP contribution in [0.5, 0.6) is 0 Å². The number of carboxylic acid groups (broad SMARTS) is 1. The minimum absolute atomic E-state index is 0.00439. The highest BCUT2D eigenvalue weighted by molar-refractivity contribution is 8.00. The van der Waals surface area contributed by atoms with Crippen LogP contribution < -0.4 is 5.32 Å². The van der Waals surface area contributed by atoms with Gasteiger partial charge in [0.1, 0.15) is 6.04 Å². The van der Waals surface area contributed by atoms with Gasteiger partial charge in [-0.1, -0.05) is 13.8 Å². The fourth-order valence-electron chi connectivity index (χ4n) is 2.19. The van der Waals surface area contributed by atoms with Gasteiger partial charge in [0.25, 0.3) is 0 Å². The van der Waals surface area contributed by atoms with Crippen LogP contribution in [0.3, 0.4) is 0 Å². The summed E-state index contributed by atoms with van der Waals surface area (Å²) in [6, 6.07) is -1.01. The van der Waals surface area contributed by atoms with Gasteiger partial charge in [-0.25, -0.2) is 9.59 Å². The van der Waals surface area contributed by atoms with E-state index in [0.29, 0.717) is 5.75 Å². The van der Waals surface area contributed by atoms with E-state index in [4.69, 9.17) is 0 Å². The number of nitrogens with one attached hydrogen (secondary N) is 1. The minimum Gasteiger partial charge on any atom is -0.480 e. The molecule has 0 saturated carbocycles. The van der Waals surface area contributed by atoms with Crippen LogP contribution in [0.4, 0.5) is 4.79 Å². The zero-order valence-corrected chi connectivity index (χ0v) is 13.6. The second-order valence-corrected chi connectivity index (χ2v) is 7.11. The number of hydrogen-bond acceptors (Lipinski definition) is 4. The van der Waals surface area contributed by atoms with Crippen LogP contribution in [0.25, 0.3) is 0 Å². The van der Waals surface area contributed by atoms with E-state index in [9.17, 15) is 14.7 Å². The molecule has 116 valence electrons. The normalized spacial score (nSPS) is 24.2. The van der Waals surface area contributed by atoms with Crippen molar-refractivity contribution in [2.24, 2.45) is 5.92 Å². The summed E-state index contributed by atoms with van der Waals surface area (Å²) in [7, 11) is 3.91. The van der Waals surface area contributed by atoms with Crippen molar-refractivity contribution in [3.05, 3.63) is 0 Å². The maximum atomic E-state index is 12.4. The second kappa shape index (κ2) is 7.17. The van der Waals surface area contributed by atoms with Crippen molar-refractivity contribution >= 4 is 23.8 Å². The monoisotopic (exact) mass is 303 g/mol. The molecular formula is C13H25N3O3S. The van der Waals surface area contributed by atoms with Crippen LogP contribution in [0.15, 0.2) is 0 Å². The van der Waals surface area contributed by atoms with Crippen molar-refractivity contribution in [1.82, 2.24) is 15.1 Å². The van der Waals surface area contributed by atoms with Crippen LogP contribution in [-0.4, -0.2) is 70.8 Å². The summed E-state index contributed by atoms with van der Waals surface area (Å²) in [5.41, 5.74) is 0. The van der Waals surface area contributed by atoms with E-state index in [1.54, 1.807) is 0 Å². The number of likely N-dealkylation sites (N-methyl/N-ethyl adjacent to an activating group) is 1. The van der Waals surface area contributed by atoms with E-state index in [0.717, 1.165) is 6.54 Å². The highest BCUT2D eigenvalue weighted by atomic mass is 32.2. The molecule has 0 spiro atoms. The molecule has 3 atom stereocenters. The number of rotatable bonds is 5. The molecule has 6 nitrogen and oxygen atoms in total. The molecule has 1 rings (SSSR count). The third kappa shape index (κ3) is 4.28. The predicted molar refractivity (Wildman–Crippen MR) is 80.9 cm³/mol. The van der Waals surface area contributed by atoms with Gasteiger partial charge < -0.3 is 15.3 Å². The first-order valence-electron chi connectivity index (χ1n) is 6.82. The molecule has 0 aromatic rings. The summed E-state index contributed by atoms with van der Waals surface area (Å²) in [4.78, 5) is 27.1. The van der Waals surface area contributed by atoms with E-state index in [1.807, 2.05) is 39.8 Å². The lowest BCUT2D eigenvalue weighted by Gasteiger charge is -2.31. The Bertz CT molecular complexity index is 363. The Morgan fingerprint density at radius 2 is 2.05 bits per heavy atom. The van der Waals surface area contributed by atoms with Gasteiger partial charge in [0.15, 0.2) is 0 Å². The zero-order chi connectivity index (χ0) is 15.4. The number of nitrogens with zero attached hydrogens (tertiary/aromatic N) is 2. The molecule has 3 unspecified atom stereocenters. The van der Waals surface area contributed by atoms with Crippen molar-refractivity contribution in [3.63, 3.8) is 0 Å². The topological polar surface area (TPSA) is 72.9 Å². The summed E-state index contributed by atoms with van der Waals surface area (Å²) in [6.45, 7) is 6.69. The number of amides is 2. The fraction of sp³-hybridized carbons (Fsp3) is 0.846. The standard InChI is InChI=1S/C13H25N3O3S/c1-8(2)10(6-15(4)5)14-13(19)16-9(3)20-7-11(16)12(17)18/h8-11H,6-7H2,1-5H3,(H,14,19)(H,17,18). The fourth-order valence-corrected chi connectivity index (χ4v) is 3.36. The van der Waals surface area contributed by atoms with Crippen LogP contribution in [-0.2, 0) is 4.79 Å². The molecule has 1 aliphatic rings. The Balaban J connectivity index is 2.74. The van der Waals surface area contributed by atoms with Crippen LogP contribution in [0.1, 0.15) is 20.8 Å². The highest BCUT2D eigenvalue weighted by Crippen LogP contribution is 2.28. The molecule has 2 amide bonds. The van der Waals surface area contributed by atoms with Crippen molar-refractivity contribution in [2.45, 2.75) is 38.2 Å². The quantitative estimate of drug-likeness (QED) is 0.796. The van der Waals surface area contributed by atoms with Gasteiger partial charge in [0.2, 0.25) is 0 Å². The SMILES string of the molecule is CC(C)C(CN(C)C)NC(=O)N1C(C)SCC1C(=O)O. The molecule has 0 bridgehead atoms. The third-order valence-corrected chi connectivity index (χ3v) is 4.64. The molecule has 1 aliphatic heterocycles. The Labute approximate surface area is 124 Å². The molecule has 1 fully saturated rings. The van der Waals surface area contributed by atoms with Crippen molar-refractivity contribution in [3.8, 4) is 0 Å². The van der Waals surface area contributed by atoms with E-state index in [-0.39, 0.29) is 23.4 Å². The highest BCUT2D eigenvalue weighted by Gasteiger charge is 2.40. The summed E-state index contributed by atoms with van der Waals surface area (Å²) >= 11 is 1.49. The van der Waals surface area contributed by atoms with Gasteiger partial charge in [0, 0.05) is 18.3 Å².